The summed E-state index contributed by atoms with van der Waals surface area (Å²) in [5.41, 5.74) is 2.34. The predicted molar refractivity (Wildman–Crippen MR) is 74.9 cm³/mol. The van der Waals surface area contributed by atoms with Crippen LogP contribution in [-0.4, -0.2) is 11.1 Å². The second kappa shape index (κ2) is 12.0. The van der Waals surface area contributed by atoms with E-state index in [9.17, 15) is 4.79 Å². The van der Waals surface area contributed by atoms with Crippen molar-refractivity contribution in [2.24, 2.45) is 0 Å². The molecule has 0 aromatic heterocycles. The minimum atomic E-state index is -0.981. The summed E-state index contributed by atoms with van der Waals surface area (Å²) in [6, 6.07) is 10.0. The highest BCUT2D eigenvalue weighted by Crippen LogP contribution is 1.97. The van der Waals surface area contributed by atoms with E-state index in [4.69, 9.17) is 5.11 Å². The van der Waals surface area contributed by atoms with Crippen LogP contribution in [0.25, 0.3) is 6.08 Å². The van der Waals surface area contributed by atoms with E-state index in [1.165, 1.54) is 11.1 Å². The SMILES string of the molecule is C=C(C)C.C=CC(=O)O.C=Cc1ccccc1. The van der Waals surface area contributed by atoms with Gasteiger partial charge in [0.2, 0.25) is 0 Å². The van der Waals surface area contributed by atoms with E-state index in [0.717, 1.165) is 6.08 Å². The highest BCUT2D eigenvalue weighted by molar-refractivity contribution is 5.78. The second-order valence-corrected chi connectivity index (χ2v) is 3.36. The van der Waals surface area contributed by atoms with Gasteiger partial charge in [-0.1, -0.05) is 55.1 Å². The zero-order valence-corrected chi connectivity index (χ0v) is 10.5. The van der Waals surface area contributed by atoms with E-state index < -0.39 is 5.97 Å². The van der Waals surface area contributed by atoms with Gasteiger partial charge < -0.3 is 5.11 Å². The lowest BCUT2D eigenvalue weighted by atomic mass is 10.2. The Hall–Kier alpha value is -2.09. The number of aliphatic carboxylic acids is 1. The van der Waals surface area contributed by atoms with Crippen LogP contribution in [0.3, 0.4) is 0 Å². The Morgan fingerprint density at radius 1 is 1.18 bits per heavy atom. The Kier molecular flexibility index (Phi) is 12.2. The molecule has 2 nitrogen and oxygen atoms in total. The monoisotopic (exact) mass is 232 g/mol. The van der Waals surface area contributed by atoms with Crippen molar-refractivity contribution in [3.63, 3.8) is 0 Å². The molecule has 92 valence electrons. The summed E-state index contributed by atoms with van der Waals surface area (Å²) in [5, 5.41) is 7.60. The molecule has 0 fully saturated rings. The maximum atomic E-state index is 9.25. The molecule has 0 saturated heterocycles. The summed E-state index contributed by atoms with van der Waals surface area (Å²) in [6.07, 6.45) is 2.67. The molecule has 0 spiro atoms. The average molecular weight is 232 g/mol. The van der Waals surface area contributed by atoms with Gasteiger partial charge in [0, 0.05) is 6.08 Å². The number of rotatable bonds is 2. The third-order valence-corrected chi connectivity index (χ3v) is 1.21. The first-order chi connectivity index (χ1) is 7.93. The summed E-state index contributed by atoms with van der Waals surface area (Å²) in [5.74, 6) is -0.981. The van der Waals surface area contributed by atoms with Crippen LogP contribution in [0, 0.1) is 0 Å². The van der Waals surface area contributed by atoms with Gasteiger partial charge in [-0.15, -0.1) is 6.58 Å². The van der Waals surface area contributed by atoms with E-state index in [-0.39, 0.29) is 0 Å². The largest absolute Gasteiger partial charge is 0.478 e. The Balaban J connectivity index is 0. The van der Waals surface area contributed by atoms with Crippen molar-refractivity contribution < 1.29 is 9.90 Å². The number of hydrogen-bond acceptors (Lipinski definition) is 1. The molecule has 0 aliphatic carbocycles. The van der Waals surface area contributed by atoms with E-state index in [2.05, 4.69) is 19.7 Å². The molecule has 1 aromatic carbocycles. The van der Waals surface area contributed by atoms with Gasteiger partial charge in [-0.05, 0) is 19.4 Å². The lowest BCUT2D eigenvalue weighted by Gasteiger charge is -1.85. The minimum absolute atomic E-state index is 0.833. The molecular weight excluding hydrogens is 212 g/mol. The number of hydrogen-bond donors (Lipinski definition) is 1. The molecule has 0 aliphatic heterocycles. The topological polar surface area (TPSA) is 37.3 Å². The average Bonchev–Trinajstić information content (AvgIpc) is 2.30. The molecule has 1 aromatic rings. The highest BCUT2D eigenvalue weighted by atomic mass is 16.4. The van der Waals surface area contributed by atoms with Crippen molar-refractivity contribution in [1.82, 2.24) is 0 Å². The van der Waals surface area contributed by atoms with Crippen LogP contribution in [0.1, 0.15) is 19.4 Å². The summed E-state index contributed by atoms with van der Waals surface area (Å²) in [6.45, 7) is 14.1. The number of carboxylic acid groups (broad SMARTS) is 1. The van der Waals surface area contributed by atoms with Crippen LogP contribution < -0.4 is 0 Å². The molecule has 1 N–H and O–H groups in total. The molecule has 1 rings (SSSR count). The first-order valence-corrected chi connectivity index (χ1v) is 5.09. The van der Waals surface area contributed by atoms with Gasteiger partial charge in [0.05, 0.1) is 0 Å². The number of carboxylic acids is 1. The van der Waals surface area contributed by atoms with Gasteiger partial charge in [0.1, 0.15) is 0 Å². The first-order valence-electron chi connectivity index (χ1n) is 5.09. The lowest BCUT2D eigenvalue weighted by molar-refractivity contribution is -0.131. The molecule has 17 heavy (non-hydrogen) atoms. The Morgan fingerprint density at radius 2 is 1.53 bits per heavy atom. The van der Waals surface area contributed by atoms with E-state index in [1.807, 2.05) is 50.3 Å². The van der Waals surface area contributed by atoms with Gasteiger partial charge in [-0.3, -0.25) is 0 Å². The Labute approximate surface area is 104 Å². The fourth-order valence-electron chi connectivity index (χ4n) is 0.589. The summed E-state index contributed by atoms with van der Waals surface area (Å²) >= 11 is 0. The standard InChI is InChI=1S/C8H8.C4H8.C3H4O2/c1-2-8-6-4-3-5-7-8;1-4(2)3;1-2-3(4)5/h2-7H,1H2;1H2,2-3H3;2H,1H2,(H,4,5). The Bertz CT molecular complexity index is 346. The summed E-state index contributed by atoms with van der Waals surface area (Å²) < 4.78 is 0. The minimum Gasteiger partial charge on any atom is -0.478 e. The molecule has 2 heteroatoms. The lowest BCUT2D eigenvalue weighted by Crippen LogP contribution is -1.82. The molecule has 0 bridgehead atoms. The van der Waals surface area contributed by atoms with Gasteiger partial charge in [-0.25, -0.2) is 4.79 Å². The molecule has 0 saturated carbocycles. The smallest absolute Gasteiger partial charge is 0.327 e. The summed E-state index contributed by atoms with van der Waals surface area (Å²) in [4.78, 5) is 9.25. The van der Waals surface area contributed by atoms with E-state index in [1.54, 1.807) is 0 Å². The molecule has 0 aliphatic rings. The predicted octanol–water partition coefficient (Wildman–Crippen LogP) is 4.17. The maximum absolute atomic E-state index is 9.25. The quantitative estimate of drug-likeness (QED) is 0.613. The fraction of sp³-hybridized carbons (Fsp3) is 0.133. The molecular formula is C15H20O2. The maximum Gasteiger partial charge on any atom is 0.327 e. The summed E-state index contributed by atoms with van der Waals surface area (Å²) in [7, 11) is 0. The van der Waals surface area contributed by atoms with E-state index in [0.29, 0.717) is 0 Å². The van der Waals surface area contributed by atoms with Crippen LogP contribution in [0.4, 0.5) is 0 Å². The van der Waals surface area contributed by atoms with Crippen molar-refractivity contribution in [2.75, 3.05) is 0 Å². The van der Waals surface area contributed by atoms with Crippen LogP contribution in [0.2, 0.25) is 0 Å². The van der Waals surface area contributed by atoms with Crippen molar-refractivity contribution in [2.45, 2.75) is 13.8 Å². The van der Waals surface area contributed by atoms with Crippen molar-refractivity contribution >= 4 is 12.0 Å². The molecule has 0 atom stereocenters. The van der Waals surface area contributed by atoms with Gasteiger partial charge in [0.15, 0.2) is 0 Å². The number of carbonyl (C=O) groups is 1. The van der Waals surface area contributed by atoms with Crippen molar-refractivity contribution in [3.8, 4) is 0 Å². The van der Waals surface area contributed by atoms with Crippen LogP contribution in [-0.2, 0) is 4.79 Å². The van der Waals surface area contributed by atoms with E-state index >= 15 is 0 Å². The van der Waals surface area contributed by atoms with Crippen LogP contribution in [0.5, 0.6) is 0 Å². The zero-order valence-electron chi connectivity index (χ0n) is 10.5. The molecule has 0 heterocycles. The van der Waals surface area contributed by atoms with Crippen LogP contribution >= 0.6 is 0 Å². The Morgan fingerprint density at radius 3 is 1.71 bits per heavy atom. The van der Waals surface area contributed by atoms with Crippen molar-refractivity contribution in [1.29, 1.82) is 0 Å². The van der Waals surface area contributed by atoms with Crippen LogP contribution in [0.15, 0.2) is 61.7 Å². The third-order valence-electron chi connectivity index (χ3n) is 1.21. The molecule has 0 radical (unpaired) electrons. The third kappa shape index (κ3) is 20.1. The highest BCUT2D eigenvalue weighted by Gasteiger charge is 1.75. The number of benzene rings is 1. The number of allylic oxidation sites excluding steroid dienone is 1. The molecule has 0 unspecified atom stereocenters. The van der Waals surface area contributed by atoms with Gasteiger partial charge >= 0.3 is 5.97 Å². The second-order valence-electron chi connectivity index (χ2n) is 3.36. The fourth-order valence-corrected chi connectivity index (χ4v) is 0.589. The van der Waals surface area contributed by atoms with Gasteiger partial charge in [-0.2, -0.15) is 0 Å². The first kappa shape index (κ1) is 17.3. The zero-order chi connectivity index (χ0) is 13.7. The molecule has 0 amide bonds. The van der Waals surface area contributed by atoms with Crippen molar-refractivity contribution in [3.05, 3.63) is 67.3 Å². The van der Waals surface area contributed by atoms with Gasteiger partial charge in [0.25, 0.3) is 0 Å². The normalized spacial score (nSPS) is 7.41.